The summed E-state index contributed by atoms with van der Waals surface area (Å²) in [5.41, 5.74) is 0.502. The van der Waals surface area contributed by atoms with Crippen molar-refractivity contribution >= 4 is 5.91 Å². The first kappa shape index (κ1) is 13.8. The predicted molar refractivity (Wildman–Crippen MR) is 68.3 cm³/mol. The SMILES string of the molecule is COc1ccc(C(=O)N[C@@H]2CCOC[C@H]2OC)cn1. The van der Waals surface area contributed by atoms with E-state index < -0.39 is 0 Å². The van der Waals surface area contributed by atoms with E-state index in [1.807, 2.05) is 0 Å². The summed E-state index contributed by atoms with van der Waals surface area (Å²) in [6.45, 7) is 1.13. The molecule has 0 unspecified atom stereocenters. The van der Waals surface area contributed by atoms with Crippen molar-refractivity contribution in [2.45, 2.75) is 18.6 Å². The Morgan fingerprint density at radius 2 is 2.32 bits per heavy atom. The molecule has 1 saturated heterocycles. The minimum absolute atomic E-state index is 0.0339. The van der Waals surface area contributed by atoms with Crippen molar-refractivity contribution in [2.24, 2.45) is 0 Å². The molecule has 6 heteroatoms. The lowest BCUT2D eigenvalue weighted by atomic mass is 10.1. The van der Waals surface area contributed by atoms with E-state index in [1.54, 1.807) is 19.2 Å². The van der Waals surface area contributed by atoms with Crippen LogP contribution in [0.15, 0.2) is 18.3 Å². The van der Waals surface area contributed by atoms with Gasteiger partial charge in [0, 0.05) is 26.0 Å². The van der Waals surface area contributed by atoms with Gasteiger partial charge < -0.3 is 19.5 Å². The van der Waals surface area contributed by atoms with Crippen LogP contribution in [0.4, 0.5) is 0 Å². The molecular weight excluding hydrogens is 248 g/mol. The quantitative estimate of drug-likeness (QED) is 0.865. The highest BCUT2D eigenvalue weighted by Gasteiger charge is 2.27. The number of pyridine rings is 1. The molecular formula is C13H18N2O4. The highest BCUT2D eigenvalue weighted by atomic mass is 16.5. The van der Waals surface area contributed by atoms with E-state index in [0.717, 1.165) is 6.42 Å². The van der Waals surface area contributed by atoms with Crippen LogP contribution in [0, 0.1) is 0 Å². The fourth-order valence-corrected chi connectivity index (χ4v) is 2.00. The molecule has 2 heterocycles. The molecule has 0 bridgehead atoms. The molecule has 1 aliphatic heterocycles. The Kier molecular flexibility index (Phi) is 4.70. The molecule has 19 heavy (non-hydrogen) atoms. The van der Waals surface area contributed by atoms with Crippen LogP contribution in [-0.2, 0) is 9.47 Å². The molecule has 1 aromatic rings. The Morgan fingerprint density at radius 3 is 2.95 bits per heavy atom. The van der Waals surface area contributed by atoms with E-state index in [4.69, 9.17) is 14.2 Å². The van der Waals surface area contributed by atoms with Gasteiger partial charge in [-0.3, -0.25) is 4.79 Å². The summed E-state index contributed by atoms with van der Waals surface area (Å²) < 4.78 is 15.6. The number of aromatic nitrogens is 1. The normalized spacial score (nSPS) is 22.8. The van der Waals surface area contributed by atoms with Crippen LogP contribution < -0.4 is 10.1 Å². The molecule has 0 aliphatic carbocycles. The molecule has 0 saturated carbocycles. The first-order valence-corrected chi connectivity index (χ1v) is 6.16. The highest BCUT2D eigenvalue weighted by molar-refractivity contribution is 5.94. The van der Waals surface area contributed by atoms with Crippen molar-refractivity contribution in [3.05, 3.63) is 23.9 Å². The molecule has 0 aromatic carbocycles. The number of nitrogens with one attached hydrogen (secondary N) is 1. The van der Waals surface area contributed by atoms with Crippen LogP contribution in [0.3, 0.4) is 0 Å². The van der Waals surface area contributed by atoms with Crippen LogP contribution in [0.5, 0.6) is 5.88 Å². The Morgan fingerprint density at radius 1 is 1.47 bits per heavy atom. The molecule has 1 fully saturated rings. The van der Waals surface area contributed by atoms with Crippen LogP contribution in [0.25, 0.3) is 0 Å². The van der Waals surface area contributed by atoms with Gasteiger partial charge in [0.1, 0.15) is 6.10 Å². The zero-order chi connectivity index (χ0) is 13.7. The molecule has 1 aliphatic rings. The smallest absolute Gasteiger partial charge is 0.253 e. The first-order valence-electron chi connectivity index (χ1n) is 6.16. The molecule has 104 valence electrons. The molecule has 1 aromatic heterocycles. The number of rotatable bonds is 4. The number of hydrogen-bond donors (Lipinski definition) is 1. The number of carbonyl (C=O) groups excluding carboxylic acids is 1. The van der Waals surface area contributed by atoms with Gasteiger partial charge in [-0.15, -0.1) is 0 Å². The number of nitrogens with zero attached hydrogens (tertiary/aromatic N) is 1. The predicted octanol–water partition coefficient (Wildman–Crippen LogP) is 0.624. The second-order valence-electron chi connectivity index (χ2n) is 4.31. The zero-order valence-corrected chi connectivity index (χ0v) is 11.1. The summed E-state index contributed by atoms with van der Waals surface area (Å²) in [5, 5.41) is 2.95. The number of methoxy groups -OCH3 is 2. The molecule has 0 spiro atoms. The van der Waals surface area contributed by atoms with Crippen molar-refractivity contribution in [3.8, 4) is 5.88 Å². The summed E-state index contributed by atoms with van der Waals surface area (Å²) in [5.74, 6) is 0.321. The summed E-state index contributed by atoms with van der Waals surface area (Å²) in [6.07, 6.45) is 2.13. The van der Waals surface area contributed by atoms with E-state index in [0.29, 0.717) is 24.7 Å². The van der Waals surface area contributed by atoms with Gasteiger partial charge in [-0.1, -0.05) is 0 Å². The second-order valence-corrected chi connectivity index (χ2v) is 4.31. The molecule has 1 N–H and O–H groups in total. The number of hydrogen-bond acceptors (Lipinski definition) is 5. The van der Waals surface area contributed by atoms with Crippen molar-refractivity contribution in [2.75, 3.05) is 27.4 Å². The average molecular weight is 266 g/mol. The van der Waals surface area contributed by atoms with Crippen molar-refractivity contribution in [3.63, 3.8) is 0 Å². The summed E-state index contributed by atoms with van der Waals surface area (Å²) in [6, 6.07) is 3.31. The maximum Gasteiger partial charge on any atom is 0.253 e. The Balaban J connectivity index is 1.98. The standard InChI is InChI=1S/C13H18N2O4/c1-17-11-8-19-6-5-10(11)15-13(16)9-3-4-12(18-2)14-7-9/h3-4,7,10-11H,5-6,8H2,1-2H3,(H,15,16)/t10-,11-/m1/s1. The van der Waals surface area contributed by atoms with Crippen molar-refractivity contribution < 1.29 is 19.0 Å². The third-order valence-electron chi connectivity index (χ3n) is 3.13. The zero-order valence-electron chi connectivity index (χ0n) is 11.1. The molecule has 2 rings (SSSR count). The number of ether oxygens (including phenoxy) is 3. The Bertz CT molecular complexity index is 421. The van der Waals surface area contributed by atoms with Crippen LogP contribution in [-0.4, -0.2) is 50.5 Å². The van der Waals surface area contributed by atoms with Gasteiger partial charge in [0.25, 0.3) is 5.91 Å². The average Bonchev–Trinajstić information content (AvgIpc) is 2.48. The third-order valence-corrected chi connectivity index (χ3v) is 3.13. The molecule has 6 nitrogen and oxygen atoms in total. The van der Waals surface area contributed by atoms with Gasteiger partial charge in [0.15, 0.2) is 0 Å². The van der Waals surface area contributed by atoms with E-state index in [1.165, 1.54) is 13.3 Å². The summed E-state index contributed by atoms with van der Waals surface area (Å²) in [4.78, 5) is 16.1. The largest absolute Gasteiger partial charge is 0.481 e. The Hall–Kier alpha value is -1.66. The lowest BCUT2D eigenvalue weighted by Gasteiger charge is -2.30. The van der Waals surface area contributed by atoms with Gasteiger partial charge in [-0.2, -0.15) is 0 Å². The van der Waals surface area contributed by atoms with Crippen LogP contribution in [0.2, 0.25) is 0 Å². The van der Waals surface area contributed by atoms with Gasteiger partial charge in [0.05, 0.1) is 25.3 Å². The van der Waals surface area contributed by atoms with Gasteiger partial charge >= 0.3 is 0 Å². The molecule has 0 radical (unpaired) electrons. The molecule has 1 amide bonds. The maximum atomic E-state index is 12.1. The van der Waals surface area contributed by atoms with E-state index >= 15 is 0 Å². The minimum atomic E-state index is -0.163. The number of amides is 1. The van der Waals surface area contributed by atoms with E-state index in [9.17, 15) is 4.79 Å². The van der Waals surface area contributed by atoms with Crippen molar-refractivity contribution in [1.29, 1.82) is 0 Å². The fraction of sp³-hybridized carbons (Fsp3) is 0.538. The Labute approximate surface area is 112 Å². The van der Waals surface area contributed by atoms with Crippen LogP contribution >= 0.6 is 0 Å². The minimum Gasteiger partial charge on any atom is -0.481 e. The maximum absolute atomic E-state index is 12.1. The van der Waals surface area contributed by atoms with Gasteiger partial charge in [0.2, 0.25) is 5.88 Å². The van der Waals surface area contributed by atoms with Crippen LogP contribution in [0.1, 0.15) is 16.8 Å². The highest BCUT2D eigenvalue weighted by Crippen LogP contribution is 2.12. The topological polar surface area (TPSA) is 69.7 Å². The molecule has 2 atom stereocenters. The lowest BCUT2D eigenvalue weighted by Crippen LogP contribution is -2.49. The fourth-order valence-electron chi connectivity index (χ4n) is 2.00. The third kappa shape index (κ3) is 3.42. The van der Waals surface area contributed by atoms with E-state index in [2.05, 4.69) is 10.3 Å². The second kappa shape index (κ2) is 6.49. The van der Waals surface area contributed by atoms with Gasteiger partial charge in [-0.25, -0.2) is 4.98 Å². The summed E-state index contributed by atoms with van der Waals surface area (Å²) in [7, 11) is 3.15. The number of carbonyl (C=O) groups is 1. The van der Waals surface area contributed by atoms with E-state index in [-0.39, 0.29) is 18.1 Å². The van der Waals surface area contributed by atoms with Gasteiger partial charge in [-0.05, 0) is 12.5 Å². The van der Waals surface area contributed by atoms with Crippen molar-refractivity contribution in [1.82, 2.24) is 10.3 Å². The monoisotopic (exact) mass is 266 g/mol. The first-order chi connectivity index (χ1) is 9.24. The summed E-state index contributed by atoms with van der Waals surface area (Å²) >= 11 is 0. The lowest BCUT2D eigenvalue weighted by molar-refractivity contribution is -0.0479.